The maximum atomic E-state index is 4.59. The van der Waals surface area contributed by atoms with Crippen molar-refractivity contribution in [2.75, 3.05) is 11.9 Å². The third-order valence-electron chi connectivity index (χ3n) is 4.20. The van der Waals surface area contributed by atoms with Crippen LogP contribution in [0.5, 0.6) is 0 Å². The van der Waals surface area contributed by atoms with E-state index in [-0.39, 0.29) is 5.41 Å². The van der Waals surface area contributed by atoms with E-state index in [9.17, 15) is 0 Å². The van der Waals surface area contributed by atoms with Gasteiger partial charge >= 0.3 is 0 Å². The van der Waals surface area contributed by atoms with E-state index in [0.29, 0.717) is 5.95 Å². The van der Waals surface area contributed by atoms with Crippen molar-refractivity contribution in [1.29, 1.82) is 0 Å². The highest BCUT2D eigenvalue weighted by Gasteiger charge is 2.13. The SMILES string of the molecule is C=Cc1cnn2ccc(C(=C)c3cnc(NCC(C)(C)C)nc3C)cc12. The molecule has 3 rings (SSSR count). The molecule has 0 amide bonds. The molecule has 3 aromatic heterocycles. The van der Waals surface area contributed by atoms with E-state index < -0.39 is 0 Å². The lowest BCUT2D eigenvalue weighted by Gasteiger charge is -2.19. The summed E-state index contributed by atoms with van der Waals surface area (Å²) in [7, 11) is 0. The summed E-state index contributed by atoms with van der Waals surface area (Å²) in [5.41, 5.74) is 5.92. The Hall–Kier alpha value is -2.95. The number of pyridine rings is 1. The smallest absolute Gasteiger partial charge is 0.222 e. The number of hydrogen-bond donors (Lipinski definition) is 1. The van der Waals surface area contributed by atoms with Crippen LogP contribution in [0.1, 0.15) is 43.2 Å². The topological polar surface area (TPSA) is 55.1 Å². The van der Waals surface area contributed by atoms with Crippen molar-refractivity contribution < 1.29 is 0 Å². The largest absolute Gasteiger partial charge is 0.354 e. The zero-order valence-corrected chi connectivity index (χ0v) is 15.9. The van der Waals surface area contributed by atoms with E-state index in [1.54, 1.807) is 12.3 Å². The molecule has 3 aromatic rings. The Bertz CT molecular complexity index is 976. The van der Waals surface area contributed by atoms with Crippen LogP contribution in [0.15, 0.2) is 43.9 Å². The quantitative estimate of drug-likeness (QED) is 0.733. The summed E-state index contributed by atoms with van der Waals surface area (Å²) in [6.45, 7) is 17.4. The van der Waals surface area contributed by atoms with E-state index in [0.717, 1.165) is 40.0 Å². The minimum absolute atomic E-state index is 0.170. The molecule has 1 N–H and O–H groups in total. The van der Waals surface area contributed by atoms with Crippen LogP contribution in [0.3, 0.4) is 0 Å². The predicted molar refractivity (Wildman–Crippen MR) is 108 cm³/mol. The molecule has 0 unspecified atom stereocenters. The van der Waals surface area contributed by atoms with Crippen molar-refractivity contribution in [3.05, 3.63) is 66.3 Å². The predicted octanol–water partition coefficient (Wildman–Crippen LogP) is 4.60. The van der Waals surface area contributed by atoms with Gasteiger partial charge in [0.25, 0.3) is 0 Å². The monoisotopic (exact) mass is 347 g/mol. The third kappa shape index (κ3) is 3.67. The first-order valence-electron chi connectivity index (χ1n) is 8.65. The van der Waals surface area contributed by atoms with Gasteiger partial charge in [-0.2, -0.15) is 5.10 Å². The van der Waals surface area contributed by atoms with E-state index in [4.69, 9.17) is 0 Å². The summed E-state index contributed by atoms with van der Waals surface area (Å²) in [4.78, 5) is 9.05. The summed E-state index contributed by atoms with van der Waals surface area (Å²) >= 11 is 0. The van der Waals surface area contributed by atoms with Crippen molar-refractivity contribution >= 4 is 23.1 Å². The Labute approximate surface area is 154 Å². The molecule has 5 heteroatoms. The number of hydrogen-bond acceptors (Lipinski definition) is 4. The molecule has 26 heavy (non-hydrogen) atoms. The van der Waals surface area contributed by atoms with Crippen LogP contribution in [0.4, 0.5) is 5.95 Å². The number of fused-ring (bicyclic) bond motifs is 1. The Morgan fingerprint density at radius 1 is 1.31 bits per heavy atom. The molecule has 0 aliphatic rings. The summed E-state index contributed by atoms with van der Waals surface area (Å²) in [5, 5.41) is 7.61. The molecule has 0 radical (unpaired) electrons. The number of nitrogens with one attached hydrogen (secondary N) is 1. The van der Waals surface area contributed by atoms with Crippen molar-refractivity contribution in [1.82, 2.24) is 19.6 Å². The van der Waals surface area contributed by atoms with Crippen LogP contribution in [-0.2, 0) is 0 Å². The average molecular weight is 347 g/mol. The number of anilines is 1. The van der Waals surface area contributed by atoms with Crippen molar-refractivity contribution in [3.8, 4) is 0 Å². The van der Waals surface area contributed by atoms with Gasteiger partial charge in [-0.1, -0.05) is 40.0 Å². The van der Waals surface area contributed by atoms with Gasteiger partial charge in [0.1, 0.15) is 0 Å². The second kappa shape index (κ2) is 6.75. The Balaban J connectivity index is 1.89. The van der Waals surface area contributed by atoms with Gasteiger partial charge in [-0.3, -0.25) is 0 Å². The highest BCUT2D eigenvalue weighted by molar-refractivity contribution is 5.82. The molecular weight excluding hydrogens is 322 g/mol. The zero-order chi connectivity index (χ0) is 18.9. The summed E-state index contributed by atoms with van der Waals surface area (Å²) in [6.07, 6.45) is 7.38. The molecule has 0 aliphatic heterocycles. The average Bonchev–Trinajstić information content (AvgIpc) is 3.01. The molecule has 134 valence electrons. The lowest BCUT2D eigenvalue weighted by atomic mass is 9.97. The van der Waals surface area contributed by atoms with Gasteiger partial charge in [-0.25, -0.2) is 14.5 Å². The molecule has 5 nitrogen and oxygen atoms in total. The van der Waals surface area contributed by atoms with Crippen molar-refractivity contribution in [2.45, 2.75) is 27.7 Å². The molecule has 0 fully saturated rings. The number of aryl methyl sites for hydroxylation is 1. The van der Waals surface area contributed by atoms with Crippen LogP contribution in [0, 0.1) is 12.3 Å². The minimum atomic E-state index is 0.170. The zero-order valence-electron chi connectivity index (χ0n) is 15.9. The molecule has 0 bridgehead atoms. The second-order valence-electron chi connectivity index (χ2n) is 7.63. The van der Waals surface area contributed by atoms with E-state index >= 15 is 0 Å². The number of aromatic nitrogens is 4. The molecular formula is C21H25N5. The Kier molecular flexibility index (Phi) is 4.64. The van der Waals surface area contributed by atoms with Gasteiger partial charge in [0, 0.05) is 30.1 Å². The highest BCUT2D eigenvalue weighted by atomic mass is 15.2. The fourth-order valence-electron chi connectivity index (χ4n) is 2.69. The normalized spacial score (nSPS) is 11.5. The number of nitrogens with zero attached hydrogens (tertiary/aromatic N) is 4. The van der Waals surface area contributed by atoms with Crippen molar-refractivity contribution in [3.63, 3.8) is 0 Å². The molecule has 0 aliphatic carbocycles. The minimum Gasteiger partial charge on any atom is -0.354 e. The molecule has 0 spiro atoms. The second-order valence-corrected chi connectivity index (χ2v) is 7.63. The van der Waals surface area contributed by atoms with Crippen LogP contribution in [0.2, 0.25) is 0 Å². The fraction of sp³-hybridized carbons (Fsp3) is 0.286. The number of rotatable bonds is 5. The Morgan fingerprint density at radius 3 is 2.73 bits per heavy atom. The fourth-order valence-corrected chi connectivity index (χ4v) is 2.69. The van der Waals surface area contributed by atoms with E-state index in [1.165, 1.54) is 0 Å². The van der Waals surface area contributed by atoms with Gasteiger partial charge in [0.05, 0.1) is 17.4 Å². The molecule has 0 aromatic carbocycles. The molecule has 0 saturated carbocycles. The maximum Gasteiger partial charge on any atom is 0.222 e. The van der Waals surface area contributed by atoms with Gasteiger partial charge in [0.2, 0.25) is 5.95 Å². The first-order valence-corrected chi connectivity index (χ1v) is 8.65. The summed E-state index contributed by atoms with van der Waals surface area (Å²) in [5.74, 6) is 0.647. The lowest BCUT2D eigenvalue weighted by Crippen LogP contribution is -2.20. The van der Waals surface area contributed by atoms with Crippen molar-refractivity contribution in [2.24, 2.45) is 5.41 Å². The van der Waals surface area contributed by atoms with Crippen LogP contribution < -0.4 is 5.32 Å². The molecule has 0 atom stereocenters. The Morgan fingerprint density at radius 2 is 2.08 bits per heavy atom. The highest BCUT2D eigenvalue weighted by Crippen LogP contribution is 2.26. The summed E-state index contributed by atoms with van der Waals surface area (Å²) < 4.78 is 1.83. The molecule has 3 heterocycles. The van der Waals surface area contributed by atoms with E-state index in [1.807, 2.05) is 29.9 Å². The van der Waals surface area contributed by atoms with Crippen LogP contribution >= 0.6 is 0 Å². The standard InChI is InChI=1S/C21H25N5/c1-7-16-11-24-26-9-8-17(10-19(16)26)14(2)18-12-22-20(25-15(18)3)23-13-21(4,5)6/h7-12H,1-2,13H2,3-6H3,(H,22,23,25). The lowest BCUT2D eigenvalue weighted by molar-refractivity contribution is 0.441. The maximum absolute atomic E-state index is 4.59. The molecule has 0 saturated heterocycles. The van der Waals surface area contributed by atoms with Gasteiger partial charge in [0.15, 0.2) is 0 Å². The van der Waals surface area contributed by atoms with Crippen LogP contribution in [-0.4, -0.2) is 26.1 Å². The van der Waals surface area contributed by atoms with Crippen LogP contribution in [0.25, 0.3) is 17.2 Å². The summed E-state index contributed by atoms with van der Waals surface area (Å²) in [6, 6.07) is 4.07. The van der Waals surface area contributed by atoms with E-state index in [2.05, 4.69) is 60.4 Å². The first kappa shape index (κ1) is 17.9. The first-order chi connectivity index (χ1) is 12.3. The van der Waals surface area contributed by atoms with Gasteiger partial charge in [-0.05, 0) is 35.6 Å². The van der Waals surface area contributed by atoms with Gasteiger partial charge < -0.3 is 5.32 Å². The van der Waals surface area contributed by atoms with Gasteiger partial charge in [-0.15, -0.1) is 0 Å². The third-order valence-corrected chi connectivity index (χ3v) is 4.20.